The number of aromatic nitrogens is 5. The van der Waals surface area contributed by atoms with Crippen molar-refractivity contribution in [3.05, 3.63) is 51.4 Å². The van der Waals surface area contributed by atoms with E-state index in [0.29, 0.717) is 12.4 Å². The summed E-state index contributed by atoms with van der Waals surface area (Å²) in [6, 6.07) is 7.53. The first-order valence-corrected chi connectivity index (χ1v) is 8.12. The first kappa shape index (κ1) is 15.4. The van der Waals surface area contributed by atoms with Crippen LogP contribution in [0.4, 0.5) is 11.6 Å². The Morgan fingerprint density at radius 1 is 1.20 bits per heavy atom. The number of nitrogens with zero attached hydrogens (tertiary/aromatic N) is 6. The molecule has 0 amide bonds. The molecule has 1 atom stereocenters. The quantitative estimate of drug-likeness (QED) is 0.711. The number of hydrogen-bond donors (Lipinski definition) is 1. The number of nitrogens with one attached hydrogen (secondary N) is 1. The maximum Gasteiger partial charge on any atom is 0.332 e. The molecule has 1 N–H and O–H groups in total. The van der Waals surface area contributed by atoms with Crippen LogP contribution in [0.1, 0.15) is 6.42 Å². The normalized spacial score (nSPS) is 17.4. The Morgan fingerprint density at radius 2 is 2.04 bits per heavy atom. The molecule has 0 saturated carbocycles. The van der Waals surface area contributed by atoms with E-state index in [1.165, 1.54) is 17.7 Å². The van der Waals surface area contributed by atoms with Crippen LogP contribution in [0.15, 0.2) is 40.2 Å². The molecule has 9 nitrogen and oxygen atoms in total. The van der Waals surface area contributed by atoms with E-state index < -0.39 is 0 Å². The Kier molecular flexibility index (Phi) is 3.56. The molecule has 0 radical (unpaired) electrons. The van der Waals surface area contributed by atoms with Crippen molar-refractivity contribution in [2.45, 2.75) is 12.5 Å². The van der Waals surface area contributed by atoms with Crippen LogP contribution in [0.3, 0.4) is 0 Å². The van der Waals surface area contributed by atoms with Gasteiger partial charge in [-0.15, -0.1) is 10.2 Å². The molecule has 9 heteroatoms. The van der Waals surface area contributed by atoms with Crippen LogP contribution >= 0.6 is 0 Å². The highest BCUT2D eigenvalue weighted by molar-refractivity contribution is 5.50. The first-order valence-electron chi connectivity index (χ1n) is 8.12. The van der Waals surface area contributed by atoms with Crippen LogP contribution in [-0.4, -0.2) is 42.9 Å². The standard InChI is InChI=1S/C16H19N7O2/c1-20-14(8-15(24)21(2)16(20)25)22-7-6-11(9-22)18-12-4-3-5-13-19-17-10-23(12)13/h3-5,8,10-11,18H,6-7,9H2,1-2H3/t11-/m1/s1. The highest BCUT2D eigenvalue weighted by Gasteiger charge is 2.25. The zero-order valence-corrected chi connectivity index (χ0v) is 14.1. The summed E-state index contributed by atoms with van der Waals surface area (Å²) in [7, 11) is 3.18. The van der Waals surface area contributed by atoms with E-state index >= 15 is 0 Å². The van der Waals surface area contributed by atoms with Gasteiger partial charge in [0.15, 0.2) is 5.65 Å². The third-order valence-corrected chi connectivity index (χ3v) is 4.70. The lowest BCUT2D eigenvalue weighted by Gasteiger charge is -2.22. The Balaban J connectivity index is 1.57. The summed E-state index contributed by atoms with van der Waals surface area (Å²) in [6.07, 6.45) is 2.58. The number of hydrogen-bond acceptors (Lipinski definition) is 6. The van der Waals surface area contributed by atoms with E-state index in [4.69, 9.17) is 0 Å². The topological polar surface area (TPSA) is 89.5 Å². The van der Waals surface area contributed by atoms with E-state index in [2.05, 4.69) is 20.4 Å². The van der Waals surface area contributed by atoms with Crippen LogP contribution < -0.4 is 21.5 Å². The molecule has 1 saturated heterocycles. The maximum absolute atomic E-state index is 12.1. The molecule has 130 valence electrons. The predicted octanol–water partition coefficient (Wildman–Crippen LogP) is -0.182. The highest BCUT2D eigenvalue weighted by Crippen LogP contribution is 2.20. The predicted molar refractivity (Wildman–Crippen MR) is 94.2 cm³/mol. The van der Waals surface area contributed by atoms with Gasteiger partial charge >= 0.3 is 5.69 Å². The SMILES string of the molecule is Cn1c(N2CC[C@@H](Nc3cccc4nncn34)C2)cc(=O)n(C)c1=O. The summed E-state index contributed by atoms with van der Waals surface area (Å²) < 4.78 is 4.53. The minimum Gasteiger partial charge on any atom is -0.367 e. The molecule has 0 unspecified atom stereocenters. The second-order valence-electron chi connectivity index (χ2n) is 6.29. The van der Waals surface area contributed by atoms with Gasteiger partial charge in [-0.3, -0.25) is 18.3 Å². The summed E-state index contributed by atoms with van der Waals surface area (Å²) in [4.78, 5) is 26.1. The molecule has 0 aromatic carbocycles. The number of anilines is 2. The van der Waals surface area contributed by atoms with E-state index in [1.807, 2.05) is 22.6 Å². The Bertz CT molecular complexity index is 1050. The molecule has 1 aliphatic heterocycles. The fraction of sp³-hybridized carbons (Fsp3) is 0.375. The van der Waals surface area contributed by atoms with Gasteiger partial charge in [-0.05, 0) is 18.6 Å². The summed E-state index contributed by atoms with van der Waals surface area (Å²) >= 11 is 0. The molecule has 0 aliphatic carbocycles. The van der Waals surface area contributed by atoms with Gasteiger partial charge in [0.1, 0.15) is 18.0 Å². The third-order valence-electron chi connectivity index (χ3n) is 4.70. The molecular weight excluding hydrogens is 322 g/mol. The fourth-order valence-electron chi connectivity index (χ4n) is 3.29. The Morgan fingerprint density at radius 3 is 2.88 bits per heavy atom. The van der Waals surface area contributed by atoms with Gasteiger partial charge in [0.2, 0.25) is 0 Å². The van der Waals surface area contributed by atoms with Crippen molar-refractivity contribution in [1.82, 2.24) is 23.7 Å². The summed E-state index contributed by atoms with van der Waals surface area (Å²) in [5, 5.41) is 11.5. The zero-order chi connectivity index (χ0) is 17.6. The van der Waals surface area contributed by atoms with Crippen LogP contribution in [0.25, 0.3) is 5.65 Å². The number of pyridine rings is 1. The van der Waals surface area contributed by atoms with Gasteiger partial charge in [-0.2, -0.15) is 0 Å². The van der Waals surface area contributed by atoms with Gasteiger partial charge < -0.3 is 10.2 Å². The molecule has 3 aromatic rings. The van der Waals surface area contributed by atoms with E-state index in [0.717, 1.165) is 29.0 Å². The van der Waals surface area contributed by atoms with Crippen LogP contribution in [-0.2, 0) is 14.1 Å². The van der Waals surface area contributed by atoms with Crippen molar-refractivity contribution in [2.75, 3.05) is 23.3 Å². The second-order valence-corrected chi connectivity index (χ2v) is 6.29. The molecule has 3 aromatic heterocycles. The summed E-state index contributed by atoms with van der Waals surface area (Å²) in [6.45, 7) is 1.48. The molecule has 0 bridgehead atoms. The van der Waals surface area contributed by atoms with Crippen molar-refractivity contribution in [3.63, 3.8) is 0 Å². The molecule has 1 fully saturated rings. The molecule has 4 heterocycles. The van der Waals surface area contributed by atoms with Crippen molar-refractivity contribution in [2.24, 2.45) is 14.1 Å². The largest absolute Gasteiger partial charge is 0.367 e. The van der Waals surface area contributed by atoms with E-state index in [9.17, 15) is 9.59 Å². The lowest BCUT2D eigenvalue weighted by Crippen LogP contribution is -2.40. The third kappa shape index (κ3) is 2.57. The molecule has 0 spiro atoms. The van der Waals surface area contributed by atoms with Crippen LogP contribution in [0.5, 0.6) is 0 Å². The zero-order valence-electron chi connectivity index (χ0n) is 14.1. The van der Waals surface area contributed by atoms with Crippen LogP contribution in [0.2, 0.25) is 0 Å². The van der Waals surface area contributed by atoms with Crippen molar-refractivity contribution >= 4 is 17.3 Å². The fourth-order valence-corrected chi connectivity index (χ4v) is 3.29. The Hall–Kier alpha value is -3.10. The molecule has 4 rings (SSSR count). The van der Waals surface area contributed by atoms with Gasteiger partial charge in [0, 0.05) is 39.3 Å². The number of fused-ring (bicyclic) bond motifs is 1. The lowest BCUT2D eigenvalue weighted by molar-refractivity contribution is 0.672. The minimum atomic E-state index is -0.312. The average Bonchev–Trinajstić information content (AvgIpc) is 3.26. The van der Waals surface area contributed by atoms with Gasteiger partial charge in [0.25, 0.3) is 5.56 Å². The Labute approximate surface area is 143 Å². The highest BCUT2D eigenvalue weighted by atomic mass is 16.2. The molecule has 25 heavy (non-hydrogen) atoms. The van der Waals surface area contributed by atoms with E-state index in [1.54, 1.807) is 13.4 Å². The second kappa shape index (κ2) is 5.76. The minimum absolute atomic E-state index is 0.201. The number of rotatable bonds is 3. The van der Waals surface area contributed by atoms with Crippen LogP contribution in [0, 0.1) is 0 Å². The van der Waals surface area contributed by atoms with Crippen molar-refractivity contribution in [3.8, 4) is 0 Å². The summed E-state index contributed by atoms with van der Waals surface area (Å²) in [5.74, 6) is 1.58. The van der Waals surface area contributed by atoms with Crippen molar-refractivity contribution < 1.29 is 0 Å². The maximum atomic E-state index is 12.1. The van der Waals surface area contributed by atoms with Gasteiger partial charge in [-0.25, -0.2) is 4.79 Å². The van der Waals surface area contributed by atoms with E-state index in [-0.39, 0.29) is 17.3 Å². The monoisotopic (exact) mass is 341 g/mol. The lowest BCUT2D eigenvalue weighted by atomic mass is 10.2. The molecular formula is C16H19N7O2. The van der Waals surface area contributed by atoms with Gasteiger partial charge in [-0.1, -0.05) is 6.07 Å². The smallest absolute Gasteiger partial charge is 0.332 e. The molecule has 1 aliphatic rings. The van der Waals surface area contributed by atoms with Crippen molar-refractivity contribution in [1.29, 1.82) is 0 Å². The first-order chi connectivity index (χ1) is 12.0. The summed E-state index contributed by atoms with van der Waals surface area (Å²) in [5.41, 5.74) is 0.186. The van der Waals surface area contributed by atoms with Gasteiger partial charge in [0.05, 0.1) is 0 Å². The average molecular weight is 341 g/mol.